The molecule has 2 aromatic rings. The van der Waals surface area contributed by atoms with Gasteiger partial charge in [0.15, 0.2) is 0 Å². The number of aliphatic hydroxyl groups excluding tert-OH is 1. The number of nitrogens with two attached hydrogens (primary N) is 1. The van der Waals surface area contributed by atoms with Crippen LogP contribution in [0.25, 0.3) is 0 Å². The van der Waals surface area contributed by atoms with Crippen LogP contribution >= 0.6 is 11.8 Å². The number of terminal acetylenes is 1. The lowest BCUT2D eigenvalue weighted by molar-refractivity contribution is -0.130. The van der Waals surface area contributed by atoms with E-state index in [0.29, 0.717) is 37.5 Å². The average molecular weight is 583 g/mol. The number of alkyl halides is 1. The second-order valence-electron chi connectivity index (χ2n) is 8.97. The van der Waals surface area contributed by atoms with E-state index < -0.39 is 17.7 Å². The van der Waals surface area contributed by atoms with Crippen molar-refractivity contribution in [3.05, 3.63) is 65.2 Å². The number of amides is 2. The molecular formula is C29H41F3N4O3S. The Kier molecular flexibility index (Phi) is 19.9. The van der Waals surface area contributed by atoms with E-state index in [2.05, 4.69) is 37.3 Å². The van der Waals surface area contributed by atoms with Crippen LogP contribution in [0.4, 0.5) is 18.9 Å². The van der Waals surface area contributed by atoms with Crippen LogP contribution in [0, 0.1) is 30.4 Å². The maximum Gasteiger partial charge on any atom is 0.224 e. The van der Waals surface area contributed by atoms with Gasteiger partial charge < -0.3 is 26.4 Å². The molecule has 40 heavy (non-hydrogen) atoms. The minimum absolute atomic E-state index is 0.0000184. The Morgan fingerprint density at radius 1 is 1.18 bits per heavy atom. The first-order chi connectivity index (χ1) is 19.2. The van der Waals surface area contributed by atoms with Gasteiger partial charge in [0.2, 0.25) is 12.3 Å². The Morgan fingerprint density at radius 2 is 1.82 bits per heavy atom. The summed E-state index contributed by atoms with van der Waals surface area (Å²) in [6.45, 7) is 5.54. The van der Waals surface area contributed by atoms with Gasteiger partial charge in [-0.15, -0.1) is 24.6 Å². The molecular weight excluding hydrogens is 541 g/mol. The maximum absolute atomic E-state index is 13.5. The standard InChI is InChI=1S/C13H16F2N2OS.C13H20N2O2.C2H2.CH3F/c14-10-2-1-9(12(15)6-10)5-11(16)7-13(18)17-3-4-19-8-17;1-10(2)13(8-16)15-12-5-3-11(4-6-12)7-14-9-17;2*1-2/h1-2,6,11H,3-5,7-8,16H2;3-6,9-10,13,15-16H,7-8H2,1-2H3,(H,14,17);1-2H;1H3/t11-;;;/m1.../s1. The first-order valence-electron chi connectivity index (χ1n) is 12.6. The van der Waals surface area contributed by atoms with Gasteiger partial charge in [0, 0.05) is 43.1 Å². The number of anilines is 1. The van der Waals surface area contributed by atoms with Crippen molar-refractivity contribution < 1.29 is 27.9 Å². The van der Waals surface area contributed by atoms with E-state index in [0.717, 1.165) is 29.6 Å². The molecule has 1 aliphatic rings. The van der Waals surface area contributed by atoms with Crippen LogP contribution in [0.1, 0.15) is 31.4 Å². The Bertz CT molecular complexity index is 1000. The lowest BCUT2D eigenvalue weighted by atomic mass is 10.0. The lowest BCUT2D eigenvalue weighted by Gasteiger charge is -2.21. The number of hydrogen-bond donors (Lipinski definition) is 4. The highest BCUT2D eigenvalue weighted by atomic mass is 32.2. The van der Waals surface area contributed by atoms with E-state index in [4.69, 9.17) is 5.73 Å². The molecule has 11 heteroatoms. The topological polar surface area (TPSA) is 108 Å². The fourth-order valence-electron chi connectivity index (χ4n) is 3.52. The smallest absolute Gasteiger partial charge is 0.224 e. The van der Waals surface area contributed by atoms with E-state index in [1.54, 1.807) is 16.7 Å². The fourth-order valence-corrected chi connectivity index (χ4v) is 4.49. The second kappa shape index (κ2) is 21.6. The number of carbonyl (C=O) groups excluding carboxylic acids is 2. The van der Waals surface area contributed by atoms with Gasteiger partial charge in [-0.1, -0.05) is 32.0 Å². The van der Waals surface area contributed by atoms with E-state index in [1.807, 2.05) is 24.3 Å². The molecule has 2 amide bonds. The summed E-state index contributed by atoms with van der Waals surface area (Å²) in [5.74, 6) is 0.806. The SMILES string of the molecule is C#C.CC(C)C(CO)Nc1ccc(CNC=O)cc1.CF.N[C@@H](CC(=O)N1CCSC1)Cc1ccc(F)cc1F. The average Bonchev–Trinajstić information content (AvgIpc) is 3.51. The monoisotopic (exact) mass is 582 g/mol. The third kappa shape index (κ3) is 14.3. The number of aliphatic hydroxyl groups is 1. The highest BCUT2D eigenvalue weighted by Crippen LogP contribution is 2.17. The molecule has 2 atom stereocenters. The first kappa shape index (κ1) is 36.8. The fraction of sp³-hybridized carbons (Fsp3) is 0.448. The summed E-state index contributed by atoms with van der Waals surface area (Å²) >= 11 is 1.71. The molecule has 3 rings (SSSR count). The number of hydrogen-bond acceptors (Lipinski definition) is 6. The van der Waals surface area contributed by atoms with Crippen LogP contribution in [0.2, 0.25) is 0 Å². The molecule has 1 saturated heterocycles. The third-order valence-corrected chi connectivity index (χ3v) is 6.70. The van der Waals surface area contributed by atoms with Gasteiger partial charge in [-0.3, -0.25) is 14.0 Å². The quantitative estimate of drug-likeness (QED) is 0.236. The summed E-state index contributed by atoms with van der Waals surface area (Å²) in [5, 5.41) is 15.1. The molecule has 0 aromatic heterocycles. The third-order valence-electron chi connectivity index (χ3n) is 5.74. The summed E-state index contributed by atoms with van der Waals surface area (Å²) in [6.07, 6.45) is 9.11. The number of benzene rings is 2. The van der Waals surface area contributed by atoms with Crippen LogP contribution < -0.4 is 16.4 Å². The van der Waals surface area contributed by atoms with E-state index in [1.165, 1.54) is 12.1 Å². The number of carbonyl (C=O) groups is 2. The van der Waals surface area contributed by atoms with Crippen LogP contribution in [-0.2, 0) is 22.6 Å². The normalized spacial score (nSPS) is 13.3. The van der Waals surface area contributed by atoms with Crippen molar-refractivity contribution in [3.63, 3.8) is 0 Å². The Morgan fingerprint density at radius 3 is 2.33 bits per heavy atom. The first-order valence-corrected chi connectivity index (χ1v) is 13.8. The van der Waals surface area contributed by atoms with Crippen molar-refractivity contribution in [1.29, 1.82) is 0 Å². The summed E-state index contributed by atoms with van der Waals surface area (Å²) in [6, 6.07) is 10.8. The minimum Gasteiger partial charge on any atom is -0.394 e. The van der Waals surface area contributed by atoms with Gasteiger partial charge >= 0.3 is 0 Å². The van der Waals surface area contributed by atoms with E-state index in [9.17, 15) is 27.9 Å². The van der Waals surface area contributed by atoms with Gasteiger partial charge in [-0.2, -0.15) is 0 Å². The maximum atomic E-state index is 13.5. The highest BCUT2D eigenvalue weighted by Gasteiger charge is 2.21. The largest absolute Gasteiger partial charge is 0.394 e. The van der Waals surface area contributed by atoms with Crippen molar-refractivity contribution in [1.82, 2.24) is 10.2 Å². The number of thioether (sulfide) groups is 1. The molecule has 5 N–H and O–H groups in total. The van der Waals surface area contributed by atoms with Crippen LogP contribution in [0.3, 0.4) is 0 Å². The van der Waals surface area contributed by atoms with Crippen molar-refractivity contribution in [3.8, 4) is 12.8 Å². The zero-order chi connectivity index (χ0) is 30.5. The van der Waals surface area contributed by atoms with Crippen LogP contribution in [0.15, 0.2) is 42.5 Å². The minimum atomic E-state index is -0.611. The molecule has 222 valence electrons. The number of rotatable bonds is 11. The summed E-state index contributed by atoms with van der Waals surface area (Å²) in [7, 11) is 0.500. The Hall–Kier alpha value is -3.20. The molecule has 0 saturated carbocycles. The van der Waals surface area contributed by atoms with Crippen molar-refractivity contribution in [2.75, 3.05) is 37.3 Å². The van der Waals surface area contributed by atoms with Crippen LogP contribution in [-0.4, -0.2) is 66.4 Å². The summed E-state index contributed by atoms with van der Waals surface area (Å²) in [4.78, 5) is 23.8. The molecule has 1 aliphatic heterocycles. The predicted molar refractivity (Wildman–Crippen MR) is 157 cm³/mol. The molecule has 1 fully saturated rings. The second-order valence-corrected chi connectivity index (χ2v) is 10.0. The number of nitrogens with one attached hydrogen (secondary N) is 2. The zero-order valence-electron chi connectivity index (χ0n) is 23.3. The van der Waals surface area contributed by atoms with Gasteiger partial charge in [-0.25, -0.2) is 8.78 Å². The number of nitrogens with zero attached hydrogens (tertiary/aromatic N) is 1. The number of halogens is 3. The molecule has 2 aromatic carbocycles. The van der Waals surface area contributed by atoms with Gasteiger partial charge in [-0.05, 0) is 41.7 Å². The molecule has 0 radical (unpaired) electrons. The van der Waals surface area contributed by atoms with Gasteiger partial charge in [0.1, 0.15) is 11.6 Å². The lowest BCUT2D eigenvalue weighted by Crippen LogP contribution is -2.35. The summed E-state index contributed by atoms with van der Waals surface area (Å²) in [5.41, 5.74) is 8.24. The van der Waals surface area contributed by atoms with E-state index >= 15 is 0 Å². The van der Waals surface area contributed by atoms with Gasteiger partial charge in [0.25, 0.3) is 0 Å². The predicted octanol–water partition coefficient (Wildman–Crippen LogP) is 3.95. The molecule has 0 bridgehead atoms. The van der Waals surface area contributed by atoms with Crippen molar-refractivity contribution in [2.24, 2.45) is 11.7 Å². The molecule has 1 unspecified atom stereocenters. The summed E-state index contributed by atoms with van der Waals surface area (Å²) < 4.78 is 35.7. The molecule has 0 aliphatic carbocycles. The van der Waals surface area contributed by atoms with E-state index in [-0.39, 0.29) is 31.4 Å². The zero-order valence-corrected chi connectivity index (χ0v) is 24.1. The highest BCUT2D eigenvalue weighted by molar-refractivity contribution is 7.99. The van der Waals surface area contributed by atoms with Gasteiger partial charge in [0.05, 0.1) is 25.7 Å². The molecule has 1 heterocycles. The van der Waals surface area contributed by atoms with Crippen LogP contribution in [0.5, 0.6) is 0 Å². The Labute approximate surface area is 240 Å². The van der Waals surface area contributed by atoms with Crippen molar-refractivity contribution >= 4 is 29.8 Å². The Balaban J connectivity index is 0.000000680. The van der Waals surface area contributed by atoms with Crippen molar-refractivity contribution in [2.45, 2.75) is 45.3 Å². The molecule has 0 spiro atoms. The molecule has 7 nitrogen and oxygen atoms in total.